The van der Waals surface area contributed by atoms with E-state index in [1.54, 1.807) is 17.4 Å². The summed E-state index contributed by atoms with van der Waals surface area (Å²) >= 11 is 7.82. The number of carbonyl (C=O) groups excluding carboxylic acids is 1. The third-order valence-corrected chi connectivity index (χ3v) is 4.61. The number of carbonyl (C=O) groups is 1. The number of imidazole rings is 1. The number of rotatable bonds is 1. The molecule has 1 N–H and O–H groups in total. The maximum atomic E-state index is 12.2. The van der Waals surface area contributed by atoms with E-state index in [9.17, 15) is 4.79 Å². The molecule has 0 spiro atoms. The lowest BCUT2D eigenvalue weighted by atomic mass is 10.1. The van der Waals surface area contributed by atoms with E-state index in [4.69, 9.17) is 11.6 Å². The number of hydrogen-bond donors (Lipinski definition) is 1. The van der Waals surface area contributed by atoms with Gasteiger partial charge in [-0.1, -0.05) is 17.7 Å². The normalized spacial score (nSPS) is 15.7. The van der Waals surface area contributed by atoms with Crippen LogP contribution in [0.1, 0.15) is 17.0 Å². The molecule has 0 saturated carbocycles. The van der Waals surface area contributed by atoms with Gasteiger partial charge in [-0.3, -0.25) is 9.20 Å². The predicted octanol–water partition coefficient (Wildman–Crippen LogP) is 3.85. The lowest BCUT2D eigenvalue weighted by molar-refractivity contribution is -0.110. The zero-order valence-electron chi connectivity index (χ0n) is 11.1. The van der Waals surface area contributed by atoms with Crippen molar-refractivity contribution >= 4 is 51.1 Å². The largest absolute Gasteiger partial charge is 0.321 e. The minimum Gasteiger partial charge on any atom is -0.321 e. The molecule has 0 unspecified atom stereocenters. The fourth-order valence-corrected chi connectivity index (χ4v) is 3.61. The predicted molar refractivity (Wildman–Crippen MR) is 85.8 cm³/mol. The third kappa shape index (κ3) is 1.81. The van der Waals surface area contributed by atoms with Gasteiger partial charge in [-0.15, -0.1) is 11.3 Å². The molecule has 3 heterocycles. The maximum Gasteiger partial charge on any atom is 0.256 e. The lowest BCUT2D eigenvalue weighted by Gasteiger charge is -2.01. The summed E-state index contributed by atoms with van der Waals surface area (Å²) in [6.45, 7) is 1.94. The quantitative estimate of drug-likeness (QED) is 0.693. The first-order valence-electron chi connectivity index (χ1n) is 6.39. The van der Waals surface area contributed by atoms with Gasteiger partial charge in [-0.25, -0.2) is 4.98 Å². The molecule has 4 rings (SSSR count). The zero-order chi connectivity index (χ0) is 14.6. The molecule has 3 aromatic rings. The number of hydrogen-bond acceptors (Lipinski definition) is 3. The molecule has 1 aliphatic heterocycles. The van der Waals surface area contributed by atoms with Crippen molar-refractivity contribution in [3.8, 4) is 0 Å². The number of nitrogens with one attached hydrogen (secondary N) is 1. The van der Waals surface area contributed by atoms with Crippen LogP contribution < -0.4 is 5.32 Å². The Labute approximate surface area is 129 Å². The summed E-state index contributed by atoms with van der Waals surface area (Å²) < 4.78 is 1.98. The van der Waals surface area contributed by atoms with Gasteiger partial charge in [-0.05, 0) is 25.1 Å². The van der Waals surface area contributed by atoms with E-state index in [-0.39, 0.29) is 5.91 Å². The van der Waals surface area contributed by atoms with Crippen molar-refractivity contribution in [1.29, 1.82) is 0 Å². The second-order valence-electron chi connectivity index (χ2n) is 4.81. The number of thiazole rings is 1. The molecule has 0 radical (unpaired) electrons. The van der Waals surface area contributed by atoms with Gasteiger partial charge >= 0.3 is 0 Å². The zero-order valence-corrected chi connectivity index (χ0v) is 12.6. The first-order valence-corrected chi connectivity index (χ1v) is 7.65. The molecule has 104 valence electrons. The molecule has 2 aromatic heterocycles. The topological polar surface area (TPSA) is 46.4 Å². The van der Waals surface area contributed by atoms with Gasteiger partial charge in [0, 0.05) is 17.1 Å². The fourth-order valence-electron chi connectivity index (χ4n) is 2.56. The van der Waals surface area contributed by atoms with Crippen LogP contribution in [0, 0.1) is 6.92 Å². The van der Waals surface area contributed by atoms with Crippen LogP contribution >= 0.6 is 22.9 Å². The highest BCUT2D eigenvalue weighted by atomic mass is 35.5. The van der Waals surface area contributed by atoms with Crippen LogP contribution in [-0.2, 0) is 4.79 Å². The maximum absolute atomic E-state index is 12.2. The Kier molecular flexibility index (Phi) is 2.67. The molecule has 21 heavy (non-hydrogen) atoms. The van der Waals surface area contributed by atoms with Gasteiger partial charge in [0.05, 0.1) is 27.7 Å². The molecule has 6 heteroatoms. The molecule has 0 fully saturated rings. The summed E-state index contributed by atoms with van der Waals surface area (Å²) in [6.07, 6.45) is 3.81. The van der Waals surface area contributed by atoms with Crippen molar-refractivity contribution in [3.63, 3.8) is 0 Å². The van der Waals surface area contributed by atoms with E-state index < -0.39 is 0 Å². The lowest BCUT2D eigenvalue weighted by Crippen LogP contribution is -2.04. The Morgan fingerprint density at radius 1 is 1.43 bits per heavy atom. The molecule has 1 aromatic carbocycles. The highest BCUT2D eigenvalue weighted by molar-refractivity contribution is 7.15. The van der Waals surface area contributed by atoms with E-state index in [0.29, 0.717) is 10.6 Å². The standard InChI is InChI=1S/C15H10ClN3OS/c1-8-12(19-5-6-21-15(19)17-8)7-9-13-10(16)3-2-4-11(13)18-14(9)20/h2-7H,1H3,(H,18,20)/b9-7+. The Hall–Kier alpha value is -2.11. The van der Waals surface area contributed by atoms with Gasteiger partial charge in [-0.2, -0.15) is 0 Å². The van der Waals surface area contributed by atoms with Gasteiger partial charge in [0.1, 0.15) is 0 Å². The van der Waals surface area contributed by atoms with Gasteiger partial charge < -0.3 is 5.32 Å². The molecule has 1 amide bonds. The average molecular weight is 316 g/mol. The van der Waals surface area contributed by atoms with E-state index in [1.165, 1.54) is 0 Å². The number of anilines is 1. The van der Waals surface area contributed by atoms with E-state index in [2.05, 4.69) is 10.3 Å². The fraction of sp³-hybridized carbons (Fsp3) is 0.0667. The molecule has 0 bridgehead atoms. The second-order valence-corrected chi connectivity index (χ2v) is 6.09. The number of halogens is 1. The van der Waals surface area contributed by atoms with Crippen LogP contribution in [0.25, 0.3) is 16.6 Å². The monoisotopic (exact) mass is 315 g/mol. The van der Waals surface area contributed by atoms with Crippen LogP contribution in [0.5, 0.6) is 0 Å². The summed E-state index contributed by atoms with van der Waals surface area (Å²) in [4.78, 5) is 17.6. The highest BCUT2D eigenvalue weighted by Gasteiger charge is 2.27. The summed E-state index contributed by atoms with van der Waals surface area (Å²) in [5.41, 5.74) is 3.88. The first-order chi connectivity index (χ1) is 10.1. The first kappa shape index (κ1) is 12.6. The summed E-state index contributed by atoms with van der Waals surface area (Å²) in [5, 5.41) is 5.39. The number of aromatic nitrogens is 2. The number of amides is 1. The highest BCUT2D eigenvalue weighted by Crippen LogP contribution is 2.38. The SMILES string of the molecule is Cc1nc2sccn2c1/C=C1/C(=O)Nc2cccc(Cl)c21. The Morgan fingerprint density at radius 2 is 2.29 bits per heavy atom. The molecular weight excluding hydrogens is 306 g/mol. The Balaban J connectivity index is 1.97. The molecule has 4 nitrogen and oxygen atoms in total. The van der Waals surface area contributed by atoms with Crippen LogP contribution in [0.15, 0.2) is 29.8 Å². The van der Waals surface area contributed by atoms with Crippen LogP contribution in [0.4, 0.5) is 5.69 Å². The van der Waals surface area contributed by atoms with Crippen LogP contribution in [0.3, 0.4) is 0 Å². The number of fused-ring (bicyclic) bond motifs is 2. The van der Waals surface area contributed by atoms with Crippen molar-refractivity contribution in [2.24, 2.45) is 0 Å². The van der Waals surface area contributed by atoms with Crippen molar-refractivity contribution in [2.45, 2.75) is 6.92 Å². The molecule has 0 saturated heterocycles. The van der Waals surface area contributed by atoms with Gasteiger partial charge in [0.15, 0.2) is 4.96 Å². The van der Waals surface area contributed by atoms with Crippen LogP contribution in [-0.4, -0.2) is 15.3 Å². The smallest absolute Gasteiger partial charge is 0.256 e. The molecular formula is C15H10ClN3OS. The minimum absolute atomic E-state index is 0.136. The summed E-state index contributed by atoms with van der Waals surface area (Å²) in [6, 6.07) is 5.47. The van der Waals surface area contributed by atoms with Crippen LogP contribution in [0.2, 0.25) is 5.02 Å². The molecule has 0 atom stereocenters. The van der Waals surface area contributed by atoms with E-state index in [1.807, 2.05) is 41.1 Å². The van der Waals surface area contributed by atoms with Crippen molar-refractivity contribution in [1.82, 2.24) is 9.38 Å². The van der Waals surface area contributed by atoms with Gasteiger partial charge in [0.25, 0.3) is 5.91 Å². The third-order valence-electron chi connectivity index (χ3n) is 3.54. The summed E-state index contributed by atoms with van der Waals surface area (Å²) in [7, 11) is 0. The van der Waals surface area contributed by atoms with Crippen molar-refractivity contribution < 1.29 is 4.79 Å². The molecule has 0 aliphatic carbocycles. The summed E-state index contributed by atoms with van der Waals surface area (Å²) in [5.74, 6) is -0.136. The number of nitrogens with zero attached hydrogens (tertiary/aromatic N) is 2. The minimum atomic E-state index is -0.136. The average Bonchev–Trinajstić information content (AvgIpc) is 3.07. The molecule has 1 aliphatic rings. The Bertz CT molecular complexity index is 922. The van der Waals surface area contributed by atoms with E-state index in [0.717, 1.165) is 27.6 Å². The second kappa shape index (κ2) is 4.44. The van der Waals surface area contributed by atoms with E-state index >= 15 is 0 Å². The number of benzene rings is 1. The number of aryl methyl sites for hydroxylation is 1. The van der Waals surface area contributed by atoms with Crippen molar-refractivity contribution in [3.05, 3.63) is 51.7 Å². The van der Waals surface area contributed by atoms with Gasteiger partial charge in [0.2, 0.25) is 0 Å². The van der Waals surface area contributed by atoms with Crippen molar-refractivity contribution in [2.75, 3.05) is 5.32 Å². The Morgan fingerprint density at radius 3 is 3.14 bits per heavy atom.